The van der Waals surface area contributed by atoms with E-state index in [-0.39, 0.29) is 0 Å². The van der Waals surface area contributed by atoms with Gasteiger partial charge < -0.3 is 5.43 Å². The number of allylic oxidation sites excluding steroid dienone is 3. The smallest absolute Gasteiger partial charge is 0.0541 e. The van der Waals surface area contributed by atoms with Gasteiger partial charge in [-0.1, -0.05) is 37.3 Å². The number of hydrogen-bond acceptors (Lipinski definition) is 4. The van der Waals surface area contributed by atoms with Crippen molar-refractivity contribution in [2.24, 2.45) is 16.0 Å². The van der Waals surface area contributed by atoms with Gasteiger partial charge in [-0.3, -0.25) is 9.98 Å². The van der Waals surface area contributed by atoms with E-state index < -0.39 is 0 Å². The van der Waals surface area contributed by atoms with Crippen molar-refractivity contribution in [3.63, 3.8) is 0 Å². The van der Waals surface area contributed by atoms with Crippen LogP contribution in [-0.2, 0) is 6.42 Å². The zero-order valence-corrected chi connectivity index (χ0v) is 17.3. The SMILES string of the molecule is C=CC.CC(=N/C=C(\C)C1=CCNN=C1)C(C)Cc1ccc2cnccc2c1. The molecule has 0 radical (unpaired) electrons. The summed E-state index contributed by atoms with van der Waals surface area (Å²) in [7, 11) is 0. The van der Waals surface area contributed by atoms with Crippen LogP contribution in [0, 0.1) is 5.92 Å². The third-order valence-electron chi connectivity index (χ3n) is 4.59. The predicted octanol–water partition coefficient (Wildman–Crippen LogP) is 5.49. The van der Waals surface area contributed by atoms with Crippen molar-refractivity contribution in [3.8, 4) is 0 Å². The van der Waals surface area contributed by atoms with Gasteiger partial charge in [0.15, 0.2) is 0 Å². The Kier molecular flexibility index (Phi) is 8.35. The lowest BCUT2D eigenvalue weighted by Gasteiger charge is -2.12. The maximum absolute atomic E-state index is 4.68. The first-order valence-electron chi connectivity index (χ1n) is 9.62. The fourth-order valence-corrected chi connectivity index (χ4v) is 2.80. The van der Waals surface area contributed by atoms with Crippen LogP contribution in [0.15, 0.2) is 82.8 Å². The largest absolute Gasteiger partial charge is 0.306 e. The Hall–Kier alpha value is -3.01. The molecule has 0 saturated heterocycles. The van der Waals surface area contributed by atoms with Crippen LogP contribution >= 0.6 is 0 Å². The van der Waals surface area contributed by atoms with Crippen molar-refractivity contribution in [1.82, 2.24) is 10.4 Å². The highest BCUT2D eigenvalue weighted by molar-refractivity contribution is 5.87. The van der Waals surface area contributed by atoms with Crippen LogP contribution in [0.2, 0.25) is 0 Å². The normalized spacial score (nSPS) is 15.2. The van der Waals surface area contributed by atoms with E-state index in [4.69, 9.17) is 0 Å². The third kappa shape index (κ3) is 6.31. The van der Waals surface area contributed by atoms with E-state index in [9.17, 15) is 0 Å². The minimum absolute atomic E-state index is 0.388. The second kappa shape index (κ2) is 11.0. The molecule has 4 heteroatoms. The van der Waals surface area contributed by atoms with Crippen LogP contribution in [0.5, 0.6) is 0 Å². The standard InChI is InChI=1S/C21H24N4.C3H6/c1-15(10-18-4-5-21-13-22-8-6-19(21)11-18)17(3)23-12-16(2)20-7-9-24-25-14-20;1-3-2/h4-8,11-15,24H,9-10H2,1-3H3;3H,1H2,2H3/b16-12+,23-17?;. The van der Waals surface area contributed by atoms with Gasteiger partial charge in [0.05, 0.1) is 12.8 Å². The van der Waals surface area contributed by atoms with E-state index >= 15 is 0 Å². The van der Waals surface area contributed by atoms with E-state index in [1.807, 2.05) is 31.7 Å². The van der Waals surface area contributed by atoms with E-state index in [0.29, 0.717) is 5.92 Å². The number of nitrogens with zero attached hydrogens (tertiary/aromatic N) is 3. The summed E-state index contributed by atoms with van der Waals surface area (Å²) in [5.41, 5.74) is 7.65. The van der Waals surface area contributed by atoms with Gasteiger partial charge in [0.2, 0.25) is 0 Å². The van der Waals surface area contributed by atoms with E-state index in [0.717, 1.165) is 29.8 Å². The minimum atomic E-state index is 0.388. The topological polar surface area (TPSA) is 49.6 Å². The number of pyridine rings is 1. The number of hydrazone groups is 1. The molecule has 1 aliphatic heterocycles. The number of benzene rings is 1. The average molecular weight is 375 g/mol. The van der Waals surface area contributed by atoms with E-state index in [1.165, 1.54) is 16.3 Å². The van der Waals surface area contributed by atoms with Crippen molar-refractivity contribution < 1.29 is 0 Å². The molecule has 0 spiro atoms. The second-order valence-corrected chi connectivity index (χ2v) is 6.93. The molecule has 0 bridgehead atoms. The Morgan fingerprint density at radius 3 is 2.79 bits per heavy atom. The zero-order valence-electron chi connectivity index (χ0n) is 17.3. The van der Waals surface area contributed by atoms with Crippen LogP contribution in [0.25, 0.3) is 10.8 Å². The molecular formula is C24H30N4. The molecule has 3 rings (SSSR count). The van der Waals surface area contributed by atoms with Gasteiger partial charge >= 0.3 is 0 Å². The molecule has 2 heterocycles. The maximum atomic E-state index is 4.68. The zero-order chi connectivity index (χ0) is 20.4. The third-order valence-corrected chi connectivity index (χ3v) is 4.59. The fourth-order valence-electron chi connectivity index (χ4n) is 2.80. The molecule has 1 atom stereocenters. The van der Waals surface area contributed by atoms with Gasteiger partial charge in [-0.25, -0.2) is 0 Å². The van der Waals surface area contributed by atoms with Crippen molar-refractivity contribution in [3.05, 3.63) is 78.3 Å². The molecule has 0 amide bonds. The first kappa shape index (κ1) is 21.3. The monoisotopic (exact) mass is 374 g/mol. The summed E-state index contributed by atoms with van der Waals surface area (Å²) in [4.78, 5) is 8.85. The molecule has 2 aromatic rings. The molecule has 1 unspecified atom stereocenters. The fraction of sp³-hybridized carbons (Fsp3) is 0.292. The van der Waals surface area contributed by atoms with Crippen molar-refractivity contribution in [2.45, 2.75) is 34.1 Å². The number of rotatable bonds is 5. The highest BCUT2D eigenvalue weighted by atomic mass is 15.3. The van der Waals surface area contributed by atoms with E-state index in [1.54, 1.807) is 6.08 Å². The van der Waals surface area contributed by atoms with Crippen LogP contribution in [-0.4, -0.2) is 23.5 Å². The second-order valence-electron chi connectivity index (χ2n) is 6.93. The number of aliphatic imine (C=N–C) groups is 1. The number of nitrogens with one attached hydrogen (secondary N) is 1. The predicted molar refractivity (Wildman–Crippen MR) is 122 cm³/mol. The Morgan fingerprint density at radius 2 is 2.07 bits per heavy atom. The van der Waals surface area contributed by atoms with Crippen molar-refractivity contribution in [1.29, 1.82) is 0 Å². The maximum Gasteiger partial charge on any atom is 0.0541 e. The molecule has 1 N–H and O–H groups in total. The number of aromatic nitrogens is 1. The van der Waals surface area contributed by atoms with Gasteiger partial charge in [-0.15, -0.1) is 6.58 Å². The Labute approximate surface area is 168 Å². The van der Waals surface area contributed by atoms with Crippen LogP contribution in [0.3, 0.4) is 0 Å². The lowest BCUT2D eigenvalue weighted by Crippen LogP contribution is -2.12. The van der Waals surface area contributed by atoms with Gasteiger partial charge in [0.1, 0.15) is 0 Å². The average Bonchev–Trinajstić information content (AvgIpc) is 2.72. The number of hydrogen-bond donors (Lipinski definition) is 1. The van der Waals surface area contributed by atoms with Gasteiger partial charge in [-0.05, 0) is 61.3 Å². The quantitative estimate of drug-likeness (QED) is 0.556. The Balaban J connectivity index is 0.000000878. The van der Waals surface area contributed by atoms with Gasteiger partial charge in [0.25, 0.3) is 0 Å². The highest BCUT2D eigenvalue weighted by Gasteiger charge is 2.08. The van der Waals surface area contributed by atoms with Crippen LogP contribution in [0.1, 0.15) is 33.3 Å². The molecule has 146 valence electrons. The molecule has 0 fully saturated rings. The van der Waals surface area contributed by atoms with Crippen LogP contribution < -0.4 is 5.43 Å². The molecule has 1 aromatic carbocycles. The molecule has 1 aliphatic rings. The minimum Gasteiger partial charge on any atom is -0.306 e. The Morgan fingerprint density at radius 1 is 1.29 bits per heavy atom. The van der Waals surface area contributed by atoms with Crippen molar-refractivity contribution in [2.75, 3.05) is 6.54 Å². The molecule has 0 saturated carbocycles. The molecule has 4 nitrogen and oxygen atoms in total. The van der Waals surface area contributed by atoms with Crippen molar-refractivity contribution >= 4 is 22.7 Å². The summed E-state index contributed by atoms with van der Waals surface area (Å²) in [6.45, 7) is 12.4. The van der Waals surface area contributed by atoms with Crippen LogP contribution in [0.4, 0.5) is 0 Å². The first-order valence-corrected chi connectivity index (χ1v) is 9.62. The molecule has 1 aromatic heterocycles. The molecule has 28 heavy (non-hydrogen) atoms. The molecule has 0 aliphatic carbocycles. The van der Waals surface area contributed by atoms with Gasteiger partial charge in [-0.2, -0.15) is 5.10 Å². The summed E-state index contributed by atoms with van der Waals surface area (Å²) in [5, 5.41) is 6.50. The highest BCUT2D eigenvalue weighted by Crippen LogP contribution is 2.18. The Bertz CT molecular complexity index is 919. The summed E-state index contributed by atoms with van der Waals surface area (Å²) < 4.78 is 0. The molecular weight excluding hydrogens is 344 g/mol. The number of fused-ring (bicyclic) bond motifs is 1. The summed E-state index contributed by atoms with van der Waals surface area (Å²) >= 11 is 0. The lowest BCUT2D eigenvalue weighted by molar-refractivity contribution is 0.763. The lowest BCUT2D eigenvalue weighted by atomic mass is 9.96. The summed E-state index contributed by atoms with van der Waals surface area (Å²) in [6.07, 6.45) is 12.4. The summed E-state index contributed by atoms with van der Waals surface area (Å²) in [6, 6.07) is 8.64. The summed E-state index contributed by atoms with van der Waals surface area (Å²) in [5.74, 6) is 0.388. The van der Waals surface area contributed by atoms with E-state index in [2.05, 4.69) is 78.2 Å². The van der Waals surface area contributed by atoms with Gasteiger partial charge in [0, 0.05) is 29.7 Å². The first-order chi connectivity index (χ1) is 13.5.